The van der Waals surface area contributed by atoms with Gasteiger partial charge in [0.2, 0.25) is 5.95 Å². The summed E-state index contributed by atoms with van der Waals surface area (Å²) in [6.07, 6.45) is -3.69. The summed E-state index contributed by atoms with van der Waals surface area (Å²) in [7, 11) is 0. The highest BCUT2D eigenvalue weighted by atomic mass is 19.4. The fourth-order valence-electron chi connectivity index (χ4n) is 3.04. The van der Waals surface area contributed by atoms with Crippen molar-refractivity contribution in [2.24, 2.45) is 0 Å². The molecule has 7 nitrogen and oxygen atoms in total. The zero-order chi connectivity index (χ0) is 24.9. The van der Waals surface area contributed by atoms with Crippen molar-refractivity contribution in [3.63, 3.8) is 0 Å². The van der Waals surface area contributed by atoms with E-state index in [1.165, 1.54) is 37.5 Å². The number of amides is 1. The Morgan fingerprint density at radius 1 is 1.06 bits per heavy atom. The second kappa shape index (κ2) is 10.4. The number of rotatable bonds is 8. The van der Waals surface area contributed by atoms with Crippen LogP contribution in [0, 0.1) is 5.82 Å². The lowest BCUT2D eigenvalue weighted by Crippen LogP contribution is -2.45. The van der Waals surface area contributed by atoms with Crippen LogP contribution in [0.3, 0.4) is 0 Å². The van der Waals surface area contributed by atoms with E-state index in [0.717, 1.165) is 11.0 Å². The van der Waals surface area contributed by atoms with Gasteiger partial charge in [-0.3, -0.25) is 4.79 Å². The normalized spacial score (nSPS) is 12.5. The Morgan fingerprint density at radius 2 is 1.71 bits per heavy atom. The van der Waals surface area contributed by atoms with E-state index in [1.807, 2.05) is 0 Å². The van der Waals surface area contributed by atoms with Crippen molar-refractivity contribution in [3.8, 4) is 11.4 Å². The first-order chi connectivity index (χ1) is 16.1. The summed E-state index contributed by atoms with van der Waals surface area (Å²) in [5.74, 6) is -1.99. The summed E-state index contributed by atoms with van der Waals surface area (Å²) in [5, 5.41) is 2.61. The number of nitrogens with zero attached hydrogens (tertiary/aromatic N) is 5. The minimum atomic E-state index is -4.61. The average molecular weight is 484 g/mol. The summed E-state index contributed by atoms with van der Waals surface area (Å²) in [5.41, 5.74) is -1.51. The minimum absolute atomic E-state index is 0.0927. The number of nitrogens with one attached hydrogen (secondary N) is 1. The molecule has 0 aliphatic rings. The molecule has 0 spiro atoms. The summed E-state index contributed by atoms with van der Waals surface area (Å²) >= 11 is 0. The molecule has 0 bridgehead atoms. The summed E-state index contributed by atoms with van der Waals surface area (Å²) in [4.78, 5) is 29.0. The van der Waals surface area contributed by atoms with Crippen molar-refractivity contribution < 1.29 is 31.1 Å². The van der Waals surface area contributed by atoms with Gasteiger partial charge in [0.1, 0.15) is 5.82 Å². The molecule has 0 aliphatic carbocycles. The number of hydrogen-bond donors (Lipinski definition) is 1. The molecule has 2 aromatic heterocycles. The van der Waals surface area contributed by atoms with Crippen molar-refractivity contribution in [1.29, 1.82) is 0 Å². The standard InChI is InChI=1S/C21H18F6N6O/c1-12(8-30-20-31-9-13(10-32-20)21(25,26)27)33(11-16(23)24)19(34)14-4-2-5-15(22)17(14)18-28-6-3-7-29-18/h2-7,9-10,12,16H,8,11H2,1H3,(H,30,31,32)/t12-/m0/s1. The van der Waals surface area contributed by atoms with Crippen LogP contribution in [0.1, 0.15) is 22.8 Å². The number of halogens is 6. The Bertz CT molecular complexity index is 1110. The molecule has 3 rings (SSSR count). The summed E-state index contributed by atoms with van der Waals surface area (Å²) in [6.45, 7) is 0.298. The lowest BCUT2D eigenvalue weighted by molar-refractivity contribution is -0.138. The van der Waals surface area contributed by atoms with Gasteiger partial charge in [0.15, 0.2) is 5.82 Å². The molecular formula is C21H18F6N6O. The lowest BCUT2D eigenvalue weighted by atomic mass is 10.0. The van der Waals surface area contributed by atoms with E-state index in [4.69, 9.17) is 0 Å². The van der Waals surface area contributed by atoms with Gasteiger partial charge in [-0.15, -0.1) is 0 Å². The molecule has 1 atom stereocenters. The number of carbonyl (C=O) groups is 1. The van der Waals surface area contributed by atoms with E-state index in [-0.39, 0.29) is 29.4 Å². The number of aromatic nitrogens is 4. The third kappa shape index (κ3) is 5.97. The summed E-state index contributed by atoms with van der Waals surface area (Å²) < 4.78 is 79.1. The summed E-state index contributed by atoms with van der Waals surface area (Å²) in [6, 6.07) is 4.21. The second-order valence-electron chi connectivity index (χ2n) is 7.11. The zero-order valence-corrected chi connectivity index (χ0v) is 17.6. The molecule has 1 amide bonds. The van der Waals surface area contributed by atoms with Crippen LogP contribution in [-0.2, 0) is 6.18 Å². The van der Waals surface area contributed by atoms with E-state index in [2.05, 4.69) is 25.3 Å². The van der Waals surface area contributed by atoms with Crippen molar-refractivity contribution in [2.75, 3.05) is 18.4 Å². The third-order valence-electron chi connectivity index (χ3n) is 4.70. The molecule has 180 valence electrons. The van der Waals surface area contributed by atoms with Crippen molar-refractivity contribution >= 4 is 11.9 Å². The number of alkyl halides is 5. The minimum Gasteiger partial charge on any atom is -0.352 e. The number of benzene rings is 1. The topological polar surface area (TPSA) is 83.9 Å². The Balaban J connectivity index is 1.83. The molecule has 1 aromatic carbocycles. The predicted octanol–water partition coefficient (Wildman–Crippen LogP) is 4.30. The van der Waals surface area contributed by atoms with Crippen LogP contribution >= 0.6 is 0 Å². The third-order valence-corrected chi connectivity index (χ3v) is 4.70. The van der Waals surface area contributed by atoms with Crippen molar-refractivity contribution in [2.45, 2.75) is 25.6 Å². The average Bonchev–Trinajstić information content (AvgIpc) is 2.80. The lowest BCUT2D eigenvalue weighted by Gasteiger charge is -2.30. The highest BCUT2D eigenvalue weighted by Gasteiger charge is 2.32. The fourth-order valence-corrected chi connectivity index (χ4v) is 3.04. The molecule has 1 N–H and O–H groups in total. The molecule has 0 saturated heterocycles. The molecule has 0 saturated carbocycles. The molecule has 2 heterocycles. The van der Waals surface area contributed by atoms with E-state index in [1.54, 1.807) is 0 Å². The molecular weight excluding hydrogens is 466 g/mol. The van der Waals surface area contributed by atoms with Gasteiger partial charge in [0.05, 0.1) is 23.2 Å². The largest absolute Gasteiger partial charge is 0.419 e. The number of hydrogen-bond acceptors (Lipinski definition) is 6. The maximum absolute atomic E-state index is 14.6. The van der Waals surface area contributed by atoms with E-state index >= 15 is 0 Å². The van der Waals surface area contributed by atoms with Crippen LogP contribution in [0.15, 0.2) is 49.1 Å². The Morgan fingerprint density at radius 3 is 2.29 bits per heavy atom. The van der Waals surface area contributed by atoms with Gasteiger partial charge in [-0.25, -0.2) is 33.1 Å². The molecule has 0 unspecified atom stereocenters. The molecule has 3 aromatic rings. The van der Waals surface area contributed by atoms with Gasteiger partial charge in [0.25, 0.3) is 12.3 Å². The van der Waals surface area contributed by atoms with Gasteiger partial charge in [-0.2, -0.15) is 13.2 Å². The Kier molecular flexibility index (Phi) is 7.64. The van der Waals surface area contributed by atoms with Gasteiger partial charge in [-0.05, 0) is 25.1 Å². The monoisotopic (exact) mass is 484 g/mol. The molecule has 0 radical (unpaired) electrons. The quantitative estimate of drug-likeness (QED) is 0.480. The van der Waals surface area contributed by atoms with Crippen LogP contribution in [0.4, 0.5) is 32.3 Å². The van der Waals surface area contributed by atoms with Gasteiger partial charge >= 0.3 is 6.18 Å². The molecule has 0 aliphatic heterocycles. The Hall–Kier alpha value is -3.77. The Labute approximate surface area is 189 Å². The maximum Gasteiger partial charge on any atom is 0.419 e. The number of carbonyl (C=O) groups excluding carboxylic acids is 1. The highest BCUT2D eigenvalue weighted by molar-refractivity contribution is 6.00. The van der Waals surface area contributed by atoms with Crippen LogP contribution < -0.4 is 5.32 Å². The van der Waals surface area contributed by atoms with Crippen molar-refractivity contribution in [1.82, 2.24) is 24.8 Å². The SMILES string of the molecule is C[C@@H](CNc1ncc(C(F)(F)F)cn1)N(CC(F)F)C(=O)c1cccc(F)c1-c1ncccn1. The molecule has 13 heteroatoms. The fraction of sp³-hybridized carbons (Fsp3) is 0.286. The maximum atomic E-state index is 14.6. The van der Waals surface area contributed by atoms with Gasteiger partial charge in [-0.1, -0.05) is 6.07 Å². The second-order valence-corrected chi connectivity index (χ2v) is 7.11. The van der Waals surface area contributed by atoms with E-state index < -0.39 is 42.5 Å². The van der Waals surface area contributed by atoms with Gasteiger partial charge in [0, 0.05) is 37.4 Å². The van der Waals surface area contributed by atoms with Crippen LogP contribution in [0.25, 0.3) is 11.4 Å². The predicted molar refractivity (Wildman–Crippen MR) is 109 cm³/mol. The van der Waals surface area contributed by atoms with Crippen LogP contribution in [0.5, 0.6) is 0 Å². The first-order valence-corrected chi connectivity index (χ1v) is 9.86. The first-order valence-electron chi connectivity index (χ1n) is 9.86. The van der Waals surface area contributed by atoms with E-state index in [9.17, 15) is 31.1 Å². The van der Waals surface area contributed by atoms with Crippen molar-refractivity contribution in [3.05, 3.63) is 66.0 Å². The smallest absolute Gasteiger partial charge is 0.352 e. The van der Waals surface area contributed by atoms with Gasteiger partial charge < -0.3 is 10.2 Å². The molecule has 34 heavy (non-hydrogen) atoms. The first kappa shape index (κ1) is 24.9. The zero-order valence-electron chi connectivity index (χ0n) is 17.6. The van der Waals surface area contributed by atoms with E-state index in [0.29, 0.717) is 12.4 Å². The number of anilines is 1. The van der Waals surface area contributed by atoms with Crippen LogP contribution in [0.2, 0.25) is 0 Å². The van der Waals surface area contributed by atoms with Crippen LogP contribution in [-0.4, -0.2) is 56.3 Å². The highest BCUT2D eigenvalue weighted by Crippen LogP contribution is 2.28. The molecule has 0 fully saturated rings.